The maximum Gasteiger partial charge on any atom is 0.143 e. The maximum absolute atomic E-state index is 4.48. The quantitative estimate of drug-likeness (QED) is 0.818. The Bertz CT molecular complexity index is 523. The van der Waals surface area contributed by atoms with Crippen molar-refractivity contribution in [3.8, 4) is 0 Å². The highest BCUT2D eigenvalue weighted by Crippen LogP contribution is 2.28. The zero-order valence-electron chi connectivity index (χ0n) is 10.4. The first kappa shape index (κ1) is 10.6. The second kappa shape index (κ2) is 4.02. The van der Waals surface area contributed by atoms with Gasteiger partial charge in [-0.2, -0.15) is 0 Å². The first-order valence-corrected chi connectivity index (χ1v) is 6.29. The Labute approximate surface area is 101 Å². The van der Waals surface area contributed by atoms with E-state index in [-0.39, 0.29) is 0 Å². The summed E-state index contributed by atoms with van der Waals surface area (Å²) in [6.07, 6.45) is 6.19. The number of rotatable bonds is 1. The molecule has 1 N–H and O–H groups in total. The smallest absolute Gasteiger partial charge is 0.143 e. The van der Waals surface area contributed by atoms with E-state index in [1.54, 1.807) is 6.33 Å². The van der Waals surface area contributed by atoms with Crippen LogP contribution in [0.5, 0.6) is 0 Å². The van der Waals surface area contributed by atoms with E-state index in [4.69, 9.17) is 0 Å². The molecule has 2 aromatic heterocycles. The average molecular weight is 230 g/mol. The number of nitrogens with one attached hydrogen (secondary N) is 1. The van der Waals surface area contributed by atoms with Gasteiger partial charge in [0.15, 0.2) is 0 Å². The molecule has 0 bridgehead atoms. The molecule has 0 aromatic carbocycles. The van der Waals surface area contributed by atoms with Gasteiger partial charge in [-0.3, -0.25) is 0 Å². The number of nitrogens with zero attached hydrogens (tertiary/aromatic N) is 3. The molecule has 0 atom stereocenters. The fourth-order valence-corrected chi connectivity index (χ4v) is 2.56. The van der Waals surface area contributed by atoms with Gasteiger partial charge in [0.05, 0.1) is 5.39 Å². The molecule has 4 heteroatoms. The lowest BCUT2D eigenvalue weighted by Gasteiger charge is -2.31. The summed E-state index contributed by atoms with van der Waals surface area (Å²) < 4.78 is 0. The van der Waals surface area contributed by atoms with Crippen LogP contribution in [-0.4, -0.2) is 28.0 Å². The number of hydrogen-bond donors (Lipinski definition) is 1. The first-order valence-electron chi connectivity index (χ1n) is 6.29. The van der Waals surface area contributed by atoms with Gasteiger partial charge < -0.3 is 9.88 Å². The molecule has 3 heterocycles. The van der Waals surface area contributed by atoms with E-state index in [0.717, 1.165) is 30.5 Å². The Morgan fingerprint density at radius 1 is 1.29 bits per heavy atom. The molecule has 0 spiro atoms. The van der Waals surface area contributed by atoms with Gasteiger partial charge in [-0.1, -0.05) is 6.92 Å². The molecule has 0 amide bonds. The molecule has 1 aliphatic heterocycles. The number of hydrogen-bond acceptors (Lipinski definition) is 3. The minimum Gasteiger partial charge on any atom is -0.356 e. The Hall–Kier alpha value is -1.58. The van der Waals surface area contributed by atoms with Crippen molar-refractivity contribution in [1.29, 1.82) is 0 Å². The molecule has 90 valence electrons. The van der Waals surface area contributed by atoms with Gasteiger partial charge in [0.2, 0.25) is 0 Å². The lowest BCUT2D eigenvalue weighted by Crippen LogP contribution is -2.33. The van der Waals surface area contributed by atoms with Gasteiger partial charge in [0.1, 0.15) is 17.8 Å². The molecule has 0 saturated carbocycles. The molecule has 17 heavy (non-hydrogen) atoms. The van der Waals surface area contributed by atoms with E-state index in [0.29, 0.717) is 0 Å². The summed E-state index contributed by atoms with van der Waals surface area (Å²) in [7, 11) is 0. The Kier molecular flexibility index (Phi) is 2.50. The second-order valence-corrected chi connectivity index (χ2v) is 5.06. The lowest BCUT2D eigenvalue weighted by atomic mass is 9.99. The van der Waals surface area contributed by atoms with E-state index in [1.807, 2.05) is 6.20 Å². The number of fused-ring (bicyclic) bond motifs is 1. The predicted octanol–water partition coefficient (Wildman–Crippen LogP) is 2.50. The molecular formula is C13H18N4. The van der Waals surface area contributed by atoms with Gasteiger partial charge >= 0.3 is 0 Å². The molecule has 1 saturated heterocycles. The fourth-order valence-electron chi connectivity index (χ4n) is 2.56. The van der Waals surface area contributed by atoms with Crippen molar-refractivity contribution in [1.82, 2.24) is 15.0 Å². The van der Waals surface area contributed by atoms with Crippen LogP contribution >= 0.6 is 0 Å². The van der Waals surface area contributed by atoms with Gasteiger partial charge in [0, 0.05) is 19.3 Å². The summed E-state index contributed by atoms with van der Waals surface area (Å²) in [5, 5.41) is 1.18. The average Bonchev–Trinajstić information content (AvgIpc) is 2.73. The topological polar surface area (TPSA) is 44.8 Å². The van der Waals surface area contributed by atoms with E-state index < -0.39 is 0 Å². The van der Waals surface area contributed by atoms with Crippen LogP contribution in [0.3, 0.4) is 0 Å². The lowest BCUT2D eigenvalue weighted by molar-refractivity contribution is 0.437. The molecular weight excluding hydrogens is 212 g/mol. The van der Waals surface area contributed by atoms with Gasteiger partial charge in [0.25, 0.3) is 0 Å². The van der Waals surface area contributed by atoms with Crippen molar-refractivity contribution >= 4 is 16.9 Å². The summed E-state index contributed by atoms with van der Waals surface area (Å²) in [6.45, 7) is 6.66. The molecule has 2 aromatic rings. The number of H-pyrrole nitrogens is 1. The van der Waals surface area contributed by atoms with Crippen LogP contribution in [0.2, 0.25) is 0 Å². The SMILES string of the molecule is Cc1c[nH]c2ncnc(N3CCC(C)CC3)c12. The fraction of sp³-hybridized carbons (Fsp3) is 0.538. The molecule has 0 aliphatic carbocycles. The Morgan fingerprint density at radius 2 is 2.06 bits per heavy atom. The van der Waals surface area contributed by atoms with Crippen molar-refractivity contribution < 1.29 is 0 Å². The standard InChI is InChI=1S/C13H18N4/c1-9-3-5-17(6-4-9)13-11-10(2)7-14-12(11)15-8-16-13/h7-9H,3-6H2,1-2H3,(H,14,15,16). The molecule has 0 radical (unpaired) electrons. The van der Waals surface area contributed by atoms with Crippen LogP contribution in [0.25, 0.3) is 11.0 Å². The zero-order chi connectivity index (χ0) is 11.8. The number of aryl methyl sites for hydroxylation is 1. The summed E-state index contributed by atoms with van der Waals surface area (Å²) in [6, 6.07) is 0. The molecule has 1 aliphatic rings. The number of anilines is 1. The first-order chi connectivity index (χ1) is 8.25. The third-order valence-electron chi connectivity index (χ3n) is 3.73. The monoisotopic (exact) mass is 230 g/mol. The highest BCUT2D eigenvalue weighted by molar-refractivity contribution is 5.90. The Balaban J connectivity index is 2.02. The minimum absolute atomic E-state index is 0.843. The third kappa shape index (κ3) is 1.77. The van der Waals surface area contributed by atoms with Crippen molar-refractivity contribution in [2.75, 3.05) is 18.0 Å². The van der Waals surface area contributed by atoms with E-state index in [2.05, 4.69) is 33.7 Å². The van der Waals surface area contributed by atoms with Crippen LogP contribution in [0.1, 0.15) is 25.3 Å². The van der Waals surface area contributed by atoms with Crippen LogP contribution in [0.4, 0.5) is 5.82 Å². The second-order valence-electron chi connectivity index (χ2n) is 5.06. The highest BCUT2D eigenvalue weighted by Gasteiger charge is 2.20. The van der Waals surface area contributed by atoms with Crippen molar-refractivity contribution in [2.45, 2.75) is 26.7 Å². The van der Waals surface area contributed by atoms with E-state index in [9.17, 15) is 0 Å². The minimum atomic E-state index is 0.843. The molecule has 1 fully saturated rings. The van der Waals surface area contributed by atoms with Crippen LogP contribution in [0.15, 0.2) is 12.5 Å². The summed E-state index contributed by atoms with van der Waals surface area (Å²) in [4.78, 5) is 14.4. The van der Waals surface area contributed by atoms with Crippen molar-refractivity contribution in [3.05, 3.63) is 18.1 Å². The number of aromatic amines is 1. The third-order valence-corrected chi connectivity index (χ3v) is 3.73. The van der Waals surface area contributed by atoms with E-state index >= 15 is 0 Å². The zero-order valence-corrected chi connectivity index (χ0v) is 10.4. The molecule has 3 rings (SSSR count). The number of piperidine rings is 1. The Morgan fingerprint density at radius 3 is 2.82 bits per heavy atom. The van der Waals surface area contributed by atoms with Crippen LogP contribution in [-0.2, 0) is 0 Å². The maximum atomic E-state index is 4.48. The van der Waals surface area contributed by atoms with Gasteiger partial charge in [-0.05, 0) is 31.2 Å². The normalized spacial score (nSPS) is 17.9. The van der Waals surface area contributed by atoms with Crippen molar-refractivity contribution in [3.63, 3.8) is 0 Å². The highest BCUT2D eigenvalue weighted by atomic mass is 15.2. The summed E-state index contributed by atoms with van der Waals surface area (Å²) in [5.41, 5.74) is 2.18. The summed E-state index contributed by atoms with van der Waals surface area (Å²) >= 11 is 0. The van der Waals surface area contributed by atoms with E-state index in [1.165, 1.54) is 23.8 Å². The van der Waals surface area contributed by atoms with Crippen molar-refractivity contribution in [2.24, 2.45) is 5.92 Å². The predicted molar refractivity (Wildman–Crippen MR) is 69.2 cm³/mol. The van der Waals surface area contributed by atoms with Gasteiger partial charge in [-0.25, -0.2) is 9.97 Å². The largest absolute Gasteiger partial charge is 0.356 e. The van der Waals surface area contributed by atoms with Crippen LogP contribution < -0.4 is 4.90 Å². The molecule has 0 unspecified atom stereocenters. The number of aromatic nitrogens is 3. The summed E-state index contributed by atoms with van der Waals surface area (Å²) in [5.74, 6) is 1.94. The van der Waals surface area contributed by atoms with Crippen LogP contribution in [0, 0.1) is 12.8 Å². The van der Waals surface area contributed by atoms with Gasteiger partial charge in [-0.15, -0.1) is 0 Å². The molecule has 4 nitrogen and oxygen atoms in total.